The zero-order valence-electron chi connectivity index (χ0n) is 12.5. The Morgan fingerprint density at radius 2 is 1.14 bits per heavy atom. The topological polar surface area (TPSA) is 0 Å². The van der Waals surface area contributed by atoms with Crippen LogP contribution in [-0.4, -0.2) is 7.85 Å². The van der Waals surface area contributed by atoms with Crippen molar-refractivity contribution in [3.8, 4) is 22.3 Å². The van der Waals surface area contributed by atoms with Crippen molar-refractivity contribution in [2.45, 2.75) is 6.92 Å². The first kappa shape index (κ1) is 15.6. The van der Waals surface area contributed by atoms with Crippen LogP contribution in [0.25, 0.3) is 22.3 Å². The molecule has 0 aromatic heterocycles. The minimum atomic E-state index is 1.12. The minimum Gasteiger partial charge on any atom is -0.0872 e. The molecule has 0 radical (unpaired) electrons. The standard InChI is InChI=1S/C19H15BBr2/c1-12-6-15(9-18(21)7-12)13-2-4-14(5-3-13)16-8-17(20)11-19(22)10-16/h2-11H,20H2,1H3. The first-order valence-corrected chi connectivity index (χ1v) is 8.75. The van der Waals surface area contributed by atoms with Crippen LogP contribution in [0.3, 0.4) is 0 Å². The first-order chi connectivity index (χ1) is 10.5. The van der Waals surface area contributed by atoms with Crippen LogP contribution in [-0.2, 0) is 0 Å². The van der Waals surface area contributed by atoms with E-state index >= 15 is 0 Å². The van der Waals surface area contributed by atoms with Crippen molar-refractivity contribution in [1.29, 1.82) is 0 Å². The lowest BCUT2D eigenvalue weighted by Crippen LogP contribution is -2.01. The third-order valence-electron chi connectivity index (χ3n) is 3.64. The van der Waals surface area contributed by atoms with Crippen LogP contribution in [0, 0.1) is 6.92 Å². The van der Waals surface area contributed by atoms with Gasteiger partial charge in [0.2, 0.25) is 0 Å². The summed E-state index contributed by atoms with van der Waals surface area (Å²) in [7, 11) is 2.12. The quantitative estimate of drug-likeness (QED) is 0.512. The highest BCUT2D eigenvalue weighted by Gasteiger charge is 2.03. The van der Waals surface area contributed by atoms with Gasteiger partial charge in [-0.25, -0.2) is 0 Å². The van der Waals surface area contributed by atoms with Gasteiger partial charge in [0.15, 0.2) is 0 Å². The molecule has 3 heteroatoms. The molecule has 0 N–H and O–H groups in total. The fraction of sp³-hybridized carbons (Fsp3) is 0.0526. The predicted molar refractivity (Wildman–Crippen MR) is 106 cm³/mol. The minimum absolute atomic E-state index is 1.12. The molecule has 3 aromatic rings. The van der Waals surface area contributed by atoms with Gasteiger partial charge in [-0.15, -0.1) is 0 Å². The Balaban J connectivity index is 1.98. The summed E-state index contributed by atoms with van der Waals surface area (Å²) in [5.74, 6) is 0. The summed E-state index contributed by atoms with van der Waals surface area (Å²) in [4.78, 5) is 0. The van der Waals surface area contributed by atoms with Crippen LogP contribution in [0.4, 0.5) is 0 Å². The molecule has 0 saturated carbocycles. The average Bonchev–Trinajstić information content (AvgIpc) is 2.45. The lowest BCUT2D eigenvalue weighted by atomic mass is 9.92. The van der Waals surface area contributed by atoms with Gasteiger partial charge in [0, 0.05) is 8.95 Å². The molecule has 0 heterocycles. The highest BCUT2D eigenvalue weighted by Crippen LogP contribution is 2.28. The monoisotopic (exact) mass is 412 g/mol. The highest BCUT2D eigenvalue weighted by molar-refractivity contribution is 9.10. The Labute approximate surface area is 149 Å². The number of hydrogen-bond acceptors (Lipinski definition) is 0. The van der Waals surface area contributed by atoms with Crippen molar-refractivity contribution >= 4 is 45.2 Å². The summed E-state index contributed by atoms with van der Waals surface area (Å²) in [6.45, 7) is 2.12. The van der Waals surface area contributed by atoms with Crippen molar-refractivity contribution < 1.29 is 0 Å². The fourth-order valence-corrected chi connectivity index (χ4v) is 3.88. The average molecular weight is 414 g/mol. The molecule has 0 unspecified atom stereocenters. The molecule has 0 aliphatic rings. The van der Waals surface area contributed by atoms with E-state index in [-0.39, 0.29) is 0 Å². The normalized spacial score (nSPS) is 10.7. The Kier molecular flexibility index (Phi) is 4.55. The van der Waals surface area contributed by atoms with Crippen molar-refractivity contribution in [2.24, 2.45) is 0 Å². The van der Waals surface area contributed by atoms with Gasteiger partial charge < -0.3 is 0 Å². The molecular formula is C19H15BBr2. The van der Waals surface area contributed by atoms with Crippen molar-refractivity contribution in [2.75, 3.05) is 0 Å². The van der Waals surface area contributed by atoms with Crippen molar-refractivity contribution in [3.63, 3.8) is 0 Å². The lowest BCUT2D eigenvalue weighted by Gasteiger charge is -2.08. The molecule has 22 heavy (non-hydrogen) atoms. The maximum absolute atomic E-state index is 3.57. The van der Waals surface area contributed by atoms with E-state index in [1.54, 1.807) is 0 Å². The Morgan fingerprint density at radius 1 is 0.636 bits per heavy atom. The van der Waals surface area contributed by atoms with E-state index in [9.17, 15) is 0 Å². The van der Waals surface area contributed by atoms with Gasteiger partial charge >= 0.3 is 0 Å². The molecule has 0 fully saturated rings. The molecule has 0 nitrogen and oxygen atoms in total. The van der Waals surface area contributed by atoms with Gasteiger partial charge in [-0.1, -0.05) is 79.8 Å². The molecular weight excluding hydrogens is 399 g/mol. The first-order valence-electron chi connectivity index (χ1n) is 7.16. The summed E-state index contributed by atoms with van der Waals surface area (Å²) in [6.07, 6.45) is 0. The SMILES string of the molecule is Bc1cc(Br)cc(-c2ccc(-c3cc(C)cc(Br)c3)cc2)c1. The van der Waals surface area contributed by atoms with Gasteiger partial charge in [-0.3, -0.25) is 0 Å². The van der Waals surface area contributed by atoms with E-state index in [0.29, 0.717) is 0 Å². The van der Waals surface area contributed by atoms with Crippen LogP contribution in [0.2, 0.25) is 0 Å². The third kappa shape index (κ3) is 3.53. The van der Waals surface area contributed by atoms with Crippen molar-refractivity contribution in [1.82, 2.24) is 0 Å². The van der Waals surface area contributed by atoms with Crippen LogP contribution < -0.4 is 5.46 Å². The van der Waals surface area contributed by atoms with Crippen LogP contribution in [0.1, 0.15) is 5.56 Å². The number of aryl methyl sites for hydroxylation is 1. The van der Waals surface area contributed by atoms with Crippen LogP contribution in [0.5, 0.6) is 0 Å². The van der Waals surface area contributed by atoms with E-state index < -0.39 is 0 Å². The molecule has 3 aromatic carbocycles. The number of benzene rings is 3. The van der Waals surface area contributed by atoms with E-state index in [0.717, 1.165) is 8.95 Å². The summed E-state index contributed by atoms with van der Waals surface area (Å²) >= 11 is 7.14. The third-order valence-corrected chi connectivity index (χ3v) is 4.55. The molecule has 108 valence electrons. The van der Waals surface area contributed by atoms with E-state index in [4.69, 9.17) is 0 Å². The zero-order valence-corrected chi connectivity index (χ0v) is 15.7. The summed E-state index contributed by atoms with van der Waals surface area (Å²) in [5.41, 5.74) is 7.47. The Morgan fingerprint density at radius 3 is 1.64 bits per heavy atom. The van der Waals surface area contributed by atoms with Crippen molar-refractivity contribution in [3.05, 3.63) is 75.2 Å². The molecule has 0 amide bonds. The smallest absolute Gasteiger partial charge is 0.0872 e. The summed E-state index contributed by atoms with van der Waals surface area (Å²) in [6, 6.07) is 21.7. The second-order valence-electron chi connectivity index (χ2n) is 5.61. The number of hydrogen-bond donors (Lipinski definition) is 0. The number of rotatable bonds is 2. The summed E-state index contributed by atoms with van der Waals surface area (Å²) < 4.78 is 2.24. The van der Waals surface area contributed by atoms with Crippen LogP contribution >= 0.6 is 31.9 Å². The molecule has 0 aliphatic carbocycles. The molecule has 0 bridgehead atoms. The van der Waals surface area contributed by atoms with Crippen LogP contribution in [0.15, 0.2) is 69.6 Å². The maximum Gasteiger partial charge on any atom is 0.139 e. The Hall–Kier alpha value is -1.32. The van der Waals surface area contributed by atoms with E-state index in [2.05, 4.69) is 107 Å². The molecule has 0 saturated heterocycles. The highest BCUT2D eigenvalue weighted by atomic mass is 79.9. The van der Waals surface area contributed by atoms with E-state index in [1.807, 2.05) is 0 Å². The second kappa shape index (κ2) is 6.43. The predicted octanol–water partition coefficient (Wildman–Crippen LogP) is 5.11. The van der Waals surface area contributed by atoms with Gasteiger partial charge in [-0.2, -0.15) is 0 Å². The fourth-order valence-electron chi connectivity index (χ4n) is 2.66. The zero-order chi connectivity index (χ0) is 15.7. The molecule has 0 aliphatic heterocycles. The van der Waals surface area contributed by atoms with Gasteiger partial charge in [-0.05, 0) is 52.9 Å². The Bertz CT molecular complexity index is 712. The number of halogens is 2. The maximum atomic E-state index is 3.57. The molecule has 3 rings (SSSR count). The van der Waals surface area contributed by atoms with Gasteiger partial charge in [0.25, 0.3) is 0 Å². The van der Waals surface area contributed by atoms with Gasteiger partial charge in [0.05, 0.1) is 0 Å². The lowest BCUT2D eigenvalue weighted by molar-refractivity contribution is 1.44. The van der Waals surface area contributed by atoms with Gasteiger partial charge in [0.1, 0.15) is 7.85 Å². The second-order valence-corrected chi connectivity index (χ2v) is 7.44. The van der Waals surface area contributed by atoms with E-state index in [1.165, 1.54) is 33.3 Å². The summed E-state index contributed by atoms with van der Waals surface area (Å²) in [5, 5.41) is 0. The molecule has 0 spiro atoms. The largest absolute Gasteiger partial charge is 0.139 e. The molecule has 0 atom stereocenters.